The Labute approximate surface area is 96.1 Å². The van der Waals surface area contributed by atoms with E-state index in [9.17, 15) is 0 Å². The highest BCUT2D eigenvalue weighted by molar-refractivity contribution is 5.70. The number of imidazole rings is 1. The number of nitrogens with one attached hydrogen (secondary N) is 1. The number of hydrogen-bond donors (Lipinski definition) is 1. The van der Waals surface area contributed by atoms with Gasteiger partial charge in [-0.1, -0.05) is 24.3 Å². The fourth-order valence-electron chi connectivity index (χ4n) is 1.66. The SMILES string of the molecule is Cc1cccc(C=Cc2nc[nH]c2C)c1C. The number of nitrogens with zero attached hydrogens (tertiary/aromatic N) is 1. The summed E-state index contributed by atoms with van der Waals surface area (Å²) in [4.78, 5) is 7.31. The topological polar surface area (TPSA) is 28.7 Å². The Kier molecular flexibility index (Phi) is 2.91. The molecule has 2 aromatic rings. The fraction of sp³-hybridized carbons (Fsp3) is 0.214. The predicted octanol–water partition coefficient (Wildman–Crippen LogP) is 3.51. The number of aromatic amines is 1. The average Bonchev–Trinajstić information content (AvgIpc) is 2.67. The highest BCUT2D eigenvalue weighted by atomic mass is 14.9. The van der Waals surface area contributed by atoms with Gasteiger partial charge in [0.25, 0.3) is 0 Å². The van der Waals surface area contributed by atoms with Gasteiger partial charge in [-0.05, 0) is 43.5 Å². The van der Waals surface area contributed by atoms with Crippen LogP contribution in [0.2, 0.25) is 0 Å². The summed E-state index contributed by atoms with van der Waals surface area (Å²) in [6, 6.07) is 6.34. The van der Waals surface area contributed by atoms with Crippen LogP contribution in [0.1, 0.15) is 28.1 Å². The third kappa shape index (κ3) is 2.06. The second-order valence-corrected chi connectivity index (χ2v) is 4.04. The summed E-state index contributed by atoms with van der Waals surface area (Å²) >= 11 is 0. The van der Waals surface area contributed by atoms with Crippen LogP contribution in [0.5, 0.6) is 0 Å². The van der Waals surface area contributed by atoms with Gasteiger partial charge in [-0.2, -0.15) is 0 Å². The van der Waals surface area contributed by atoms with E-state index in [2.05, 4.69) is 48.1 Å². The zero-order valence-electron chi connectivity index (χ0n) is 9.91. The molecular weight excluding hydrogens is 196 g/mol. The van der Waals surface area contributed by atoms with Gasteiger partial charge >= 0.3 is 0 Å². The van der Waals surface area contributed by atoms with E-state index in [-0.39, 0.29) is 0 Å². The van der Waals surface area contributed by atoms with Gasteiger partial charge in [-0.25, -0.2) is 4.98 Å². The molecule has 1 aromatic heterocycles. The van der Waals surface area contributed by atoms with Crippen LogP contribution in [-0.4, -0.2) is 9.97 Å². The van der Waals surface area contributed by atoms with Crippen molar-refractivity contribution < 1.29 is 0 Å². The van der Waals surface area contributed by atoms with Gasteiger partial charge < -0.3 is 4.98 Å². The normalized spacial score (nSPS) is 11.2. The van der Waals surface area contributed by atoms with E-state index in [1.807, 2.05) is 13.0 Å². The van der Waals surface area contributed by atoms with E-state index < -0.39 is 0 Å². The molecule has 0 aliphatic rings. The molecule has 0 aliphatic carbocycles. The minimum atomic E-state index is 1.00. The average molecular weight is 212 g/mol. The lowest BCUT2D eigenvalue weighted by Gasteiger charge is -2.03. The van der Waals surface area contributed by atoms with Crippen LogP contribution < -0.4 is 0 Å². The smallest absolute Gasteiger partial charge is 0.0929 e. The third-order valence-electron chi connectivity index (χ3n) is 2.94. The number of aryl methyl sites for hydroxylation is 2. The Morgan fingerprint density at radius 1 is 1.12 bits per heavy atom. The lowest BCUT2D eigenvalue weighted by Crippen LogP contribution is -1.84. The zero-order chi connectivity index (χ0) is 11.5. The molecule has 2 rings (SSSR count). The van der Waals surface area contributed by atoms with Gasteiger partial charge in [0.05, 0.1) is 12.0 Å². The summed E-state index contributed by atoms with van der Waals surface area (Å²) < 4.78 is 0. The van der Waals surface area contributed by atoms with E-state index in [0.29, 0.717) is 0 Å². The molecule has 0 unspecified atom stereocenters. The van der Waals surface area contributed by atoms with Crippen molar-refractivity contribution in [3.05, 3.63) is 52.6 Å². The quantitative estimate of drug-likeness (QED) is 0.810. The maximum Gasteiger partial charge on any atom is 0.0929 e. The van der Waals surface area contributed by atoms with Crippen molar-refractivity contribution in [1.29, 1.82) is 0 Å². The third-order valence-corrected chi connectivity index (χ3v) is 2.94. The number of benzene rings is 1. The van der Waals surface area contributed by atoms with E-state index >= 15 is 0 Å². The standard InChI is InChI=1S/C14H16N2/c1-10-5-4-6-13(11(10)2)7-8-14-12(3)15-9-16-14/h4-9H,1-3H3,(H,15,16). The second-order valence-electron chi connectivity index (χ2n) is 4.04. The van der Waals surface area contributed by atoms with E-state index in [1.54, 1.807) is 6.33 Å². The molecule has 1 N–H and O–H groups in total. The molecule has 2 heteroatoms. The first-order chi connectivity index (χ1) is 7.68. The van der Waals surface area contributed by atoms with Gasteiger partial charge in [0.15, 0.2) is 0 Å². The van der Waals surface area contributed by atoms with Crippen LogP contribution >= 0.6 is 0 Å². The van der Waals surface area contributed by atoms with Crippen molar-refractivity contribution in [2.24, 2.45) is 0 Å². The molecule has 0 atom stereocenters. The van der Waals surface area contributed by atoms with Crippen molar-refractivity contribution in [2.45, 2.75) is 20.8 Å². The molecule has 0 bridgehead atoms. The Bertz CT molecular complexity index is 521. The lowest BCUT2D eigenvalue weighted by molar-refractivity contribution is 1.25. The summed E-state index contributed by atoms with van der Waals surface area (Å²) in [7, 11) is 0. The van der Waals surface area contributed by atoms with Crippen LogP contribution in [0.4, 0.5) is 0 Å². The number of H-pyrrole nitrogens is 1. The number of hydrogen-bond acceptors (Lipinski definition) is 1. The first kappa shape index (κ1) is 10.7. The molecule has 16 heavy (non-hydrogen) atoms. The van der Waals surface area contributed by atoms with Crippen LogP contribution in [-0.2, 0) is 0 Å². The molecule has 0 amide bonds. The van der Waals surface area contributed by atoms with Crippen LogP contribution in [0.25, 0.3) is 12.2 Å². The molecule has 0 saturated carbocycles. The van der Waals surface area contributed by atoms with Crippen LogP contribution in [0.3, 0.4) is 0 Å². The minimum absolute atomic E-state index is 1.00. The maximum atomic E-state index is 4.24. The van der Waals surface area contributed by atoms with E-state index in [1.165, 1.54) is 16.7 Å². The number of rotatable bonds is 2. The van der Waals surface area contributed by atoms with Gasteiger partial charge in [0.1, 0.15) is 0 Å². The maximum absolute atomic E-state index is 4.24. The van der Waals surface area contributed by atoms with Crippen molar-refractivity contribution in [2.75, 3.05) is 0 Å². The predicted molar refractivity (Wildman–Crippen MR) is 68.2 cm³/mol. The molecule has 82 valence electrons. The fourth-order valence-corrected chi connectivity index (χ4v) is 1.66. The van der Waals surface area contributed by atoms with Crippen molar-refractivity contribution in [1.82, 2.24) is 9.97 Å². The Hall–Kier alpha value is -1.83. The van der Waals surface area contributed by atoms with Crippen molar-refractivity contribution in [3.8, 4) is 0 Å². The summed E-state index contributed by atoms with van der Waals surface area (Å²) in [5.41, 5.74) is 6.00. The molecule has 0 spiro atoms. The molecule has 0 aliphatic heterocycles. The highest BCUT2D eigenvalue weighted by Crippen LogP contribution is 2.15. The Balaban J connectivity index is 2.31. The highest BCUT2D eigenvalue weighted by Gasteiger charge is 1.98. The monoisotopic (exact) mass is 212 g/mol. The second kappa shape index (κ2) is 4.35. The molecule has 1 heterocycles. The van der Waals surface area contributed by atoms with Gasteiger partial charge in [0, 0.05) is 5.69 Å². The first-order valence-electron chi connectivity index (χ1n) is 5.43. The Morgan fingerprint density at radius 2 is 1.94 bits per heavy atom. The molecule has 0 saturated heterocycles. The van der Waals surface area contributed by atoms with Gasteiger partial charge in [0.2, 0.25) is 0 Å². The van der Waals surface area contributed by atoms with E-state index in [0.717, 1.165) is 11.4 Å². The van der Waals surface area contributed by atoms with Crippen molar-refractivity contribution in [3.63, 3.8) is 0 Å². The summed E-state index contributed by atoms with van der Waals surface area (Å²) in [6.07, 6.45) is 5.89. The molecule has 1 aromatic carbocycles. The summed E-state index contributed by atoms with van der Waals surface area (Å²) in [5, 5.41) is 0. The summed E-state index contributed by atoms with van der Waals surface area (Å²) in [5.74, 6) is 0. The minimum Gasteiger partial charge on any atom is -0.348 e. The summed E-state index contributed by atoms with van der Waals surface area (Å²) in [6.45, 7) is 6.30. The molecule has 0 fully saturated rings. The molecule has 0 radical (unpaired) electrons. The zero-order valence-corrected chi connectivity index (χ0v) is 9.91. The Morgan fingerprint density at radius 3 is 2.62 bits per heavy atom. The van der Waals surface area contributed by atoms with Crippen LogP contribution in [0.15, 0.2) is 24.5 Å². The van der Waals surface area contributed by atoms with Crippen molar-refractivity contribution >= 4 is 12.2 Å². The van der Waals surface area contributed by atoms with Crippen LogP contribution in [0, 0.1) is 20.8 Å². The molecule has 2 nitrogen and oxygen atoms in total. The molecular formula is C14H16N2. The first-order valence-corrected chi connectivity index (χ1v) is 5.43. The number of aromatic nitrogens is 2. The largest absolute Gasteiger partial charge is 0.348 e. The lowest BCUT2D eigenvalue weighted by atomic mass is 10.0. The van der Waals surface area contributed by atoms with Gasteiger partial charge in [-0.3, -0.25) is 0 Å². The van der Waals surface area contributed by atoms with E-state index in [4.69, 9.17) is 0 Å². The van der Waals surface area contributed by atoms with Gasteiger partial charge in [-0.15, -0.1) is 0 Å².